The molecule has 2 N–H and O–H groups in total. The smallest absolute Gasteiger partial charge is 0.168 e. The summed E-state index contributed by atoms with van der Waals surface area (Å²) in [7, 11) is 0. The van der Waals surface area contributed by atoms with Gasteiger partial charge in [0, 0.05) is 0 Å². The summed E-state index contributed by atoms with van der Waals surface area (Å²) in [6.07, 6.45) is 0.988. The third-order valence-electron chi connectivity index (χ3n) is 6.05. The Morgan fingerprint density at radius 2 is 1.64 bits per heavy atom. The Morgan fingerprint density at radius 3 is 2.36 bits per heavy atom. The van der Waals surface area contributed by atoms with E-state index in [1.165, 1.54) is 12.1 Å². The molecule has 0 aromatic heterocycles. The number of aromatic hydroxyl groups is 2. The highest BCUT2D eigenvalue weighted by Crippen LogP contribution is 2.48. The number of halogens is 2. The fourth-order valence-electron chi connectivity index (χ4n) is 4.50. The first-order chi connectivity index (χ1) is 13.5. The van der Waals surface area contributed by atoms with E-state index >= 15 is 0 Å². The summed E-state index contributed by atoms with van der Waals surface area (Å²) in [5.74, 6) is -1.22. The Kier molecular flexibility index (Phi) is 4.80. The Morgan fingerprint density at radius 1 is 0.929 bits per heavy atom. The van der Waals surface area contributed by atoms with Gasteiger partial charge in [-0.05, 0) is 77.1 Å². The molecule has 1 aliphatic carbocycles. The highest BCUT2D eigenvalue weighted by atomic mass is 19.1. The molecule has 1 aliphatic rings. The molecule has 3 aromatic rings. The number of hydrogen-bond acceptors (Lipinski definition) is 2. The molecule has 0 saturated heterocycles. The molecule has 3 unspecified atom stereocenters. The van der Waals surface area contributed by atoms with E-state index in [1.807, 2.05) is 12.1 Å². The third-order valence-corrected chi connectivity index (χ3v) is 6.05. The maximum Gasteiger partial charge on any atom is 0.168 e. The number of fused-ring (bicyclic) bond motifs is 1. The first-order valence-corrected chi connectivity index (χ1v) is 9.48. The Bertz CT molecular complexity index is 998. The minimum Gasteiger partial charge on any atom is -0.508 e. The van der Waals surface area contributed by atoms with Crippen molar-refractivity contribution in [3.8, 4) is 11.5 Å². The molecule has 0 amide bonds. The first-order valence-electron chi connectivity index (χ1n) is 9.48. The van der Waals surface area contributed by atoms with Crippen LogP contribution in [0.2, 0.25) is 0 Å². The zero-order chi connectivity index (χ0) is 19.8. The summed E-state index contributed by atoms with van der Waals surface area (Å²) in [6.45, 7) is 2.05. The van der Waals surface area contributed by atoms with Crippen LogP contribution in [0.5, 0.6) is 11.5 Å². The van der Waals surface area contributed by atoms with Crippen molar-refractivity contribution in [2.75, 3.05) is 0 Å². The van der Waals surface area contributed by atoms with E-state index in [0.717, 1.165) is 11.1 Å². The van der Waals surface area contributed by atoms with Crippen molar-refractivity contribution in [1.82, 2.24) is 0 Å². The van der Waals surface area contributed by atoms with Crippen molar-refractivity contribution in [1.29, 1.82) is 0 Å². The lowest BCUT2D eigenvalue weighted by molar-refractivity contribution is 0.329. The largest absolute Gasteiger partial charge is 0.508 e. The summed E-state index contributed by atoms with van der Waals surface area (Å²) < 4.78 is 29.2. The predicted octanol–water partition coefficient (Wildman–Crippen LogP) is 5.68. The van der Waals surface area contributed by atoms with Crippen molar-refractivity contribution in [2.45, 2.75) is 31.6 Å². The van der Waals surface area contributed by atoms with Gasteiger partial charge in [0.1, 0.15) is 11.6 Å². The molecule has 0 saturated carbocycles. The molecular weight excluding hydrogens is 358 g/mol. The first kappa shape index (κ1) is 18.5. The van der Waals surface area contributed by atoms with Crippen LogP contribution < -0.4 is 0 Å². The van der Waals surface area contributed by atoms with Crippen molar-refractivity contribution < 1.29 is 19.0 Å². The van der Waals surface area contributed by atoms with Gasteiger partial charge in [0.2, 0.25) is 0 Å². The van der Waals surface area contributed by atoms with Gasteiger partial charge in [-0.3, -0.25) is 0 Å². The van der Waals surface area contributed by atoms with Crippen LogP contribution in [0, 0.1) is 17.6 Å². The SMILES string of the molecule is CC1C(c2ccc(O)cc2)Cc2ccc(O)c(F)c2C1Cc1ccccc1F. The van der Waals surface area contributed by atoms with Gasteiger partial charge < -0.3 is 10.2 Å². The summed E-state index contributed by atoms with van der Waals surface area (Å²) in [5, 5.41) is 19.5. The summed E-state index contributed by atoms with van der Waals surface area (Å²) in [4.78, 5) is 0. The Balaban J connectivity index is 1.80. The van der Waals surface area contributed by atoms with Gasteiger partial charge in [-0.2, -0.15) is 0 Å². The van der Waals surface area contributed by atoms with E-state index in [-0.39, 0.29) is 35.1 Å². The maximum absolute atomic E-state index is 14.9. The van der Waals surface area contributed by atoms with Gasteiger partial charge in [0.15, 0.2) is 11.6 Å². The highest BCUT2D eigenvalue weighted by Gasteiger charge is 2.37. The lowest BCUT2D eigenvalue weighted by atomic mass is 9.65. The van der Waals surface area contributed by atoms with E-state index in [2.05, 4.69) is 6.92 Å². The molecular formula is C24H22F2O2. The second-order valence-corrected chi connectivity index (χ2v) is 7.63. The van der Waals surface area contributed by atoms with Crippen LogP contribution in [-0.2, 0) is 12.8 Å². The maximum atomic E-state index is 14.9. The zero-order valence-electron chi connectivity index (χ0n) is 15.6. The van der Waals surface area contributed by atoms with Crippen LogP contribution in [0.25, 0.3) is 0 Å². The third kappa shape index (κ3) is 3.24. The van der Waals surface area contributed by atoms with Crippen LogP contribution in [0.1, 0.15) is 41.0 Å². The molecule has 2 nitrogen and oxygen atoms in total. The number of phenolic OH excluding ortho intramolecular Hbond substituents is 2. The Labute approximate surface area is 163 Å². The molecule has 3 aromatic carbocycles. The van der Waals surface area contributed by atoms with Gasteiger partial charge in [-0.15, -0.1) is 0 Å². The van der Waals surface area contributed by atoms with Crippen LogP contribution in [0.15, 0.2) is 60.7 Å². The van der Waals surface area contributed by atoms with Gasteiger partial charge in [-0.25, -0.2) is 8.78 Å². The second kappa shape index (κ2) is 7.27. The second-order valence-electron chi connectivity index (χ2n) is 7.63. The molecule has 0 bridgehead atoms. The van der Waals surface area contributed by atoms with Gasteiger partial charge in [0.25, 0.3) is 0 Å². The van der Waals surface area contributed by atoms with E-state index in [0.29, 0.717) is 24.0 Å². The molecule has 0 aliphatic heterocycles. The molecule has 0 fully saturated rings. The van der Waals surface area contributed by atoms with E-state index in [1.54, 1.807) is 36.4 Å². The molecule has 3 atom stereocenters. The highest BCUT2D eigenvalue weighted by molar-refractivity contribution is 5.45. The van der Waals surface area contributed by atoms with Crippen molar-refractivity contribution in [2.24, 2.45) is 5.92 Å². The fraction of sp³-hybridized carbons (Fsp3) is 0.250. The zero-order valence-corrected chi connectivity index (χ0v) is 15.6. The lowest BCUT2D eigenvalue weighted by Crippen LogP contribution is -2.29. The average Bonchev–Trinajstić information content (AvgIpc) is 2.69. The molecule has 4 heteroatoms. The molecule has 0 radical (unpaired) electrons. The average molecular weight is 380 g/mol. The quantitative estimate of drug-likeness (QED) is 0.614. The van der Waals surface area contributed by atoms with E-state index in [4.69, 9.17) is 0 Å². The number of phenols is 2. The minimum absolute atomic E-state index is 0.0212. The number of rotatable bonds is 3. The molecule has 0 spiro atoms. The normalized spacial score (nSPS) is 21.3. The number of benzene rings is 3. The summed E-state index contributed by atoms with van der Waals surface area (Å²) in [6, 6.07) is 16.8. The van der Waals surface area contributed by atoms with E-state index < -0.39 is 5.82 Å². The van der Waals surface area contributed by atoms with Crippen LogP contribution in [0.3, 0.4) is 0 Å². The molecule has 0 heterocycles. The van der Waals surface area contributed by atoms with Crippen molar-refractivity contribution in [3.05, 3.63) is 94.6 Å². The minimum atomic E-state index is -0.602. The van der Waals surface area contributed by atoms with Crippen molar-refractivity contribution >= 4 is 0 Å². The van der Waals surface area contributed by atoms with Gasteiger partial charge >= 0.3 is 0 Å². The van der Waals surface area contributed by atoms with Crippen LogP contribution in [-0.4, -0.2) is 10.2 Å². The standard InChI is InChI=1S/C24H22F2O2/c1-14-19(15-6-9-18(27)10-7-15)13-17-8-11-22(28)24(26)23(17)20(14)12-16-4-2-3-5-21(16)25/h2-11,14,19-20,27-28H,12-13H2,1H3. The molecule has 144 valence electrons. The van der Waals surface area contributed by atoms with Crippen molar-refractivity contribution in [3.63, 3.8) is 0 Å². The summed E-state index contributed by atoms with van der Waals surface area (Å²) >= 11 is 0. The lowest BCUT2D eigenvalue weighted by Gasteiger charge is -2.38. The molecule has 4 rings (SSSR count). The predicted molar refractivity (Wildman–Crippen MR) is 105 cm³/mol. The van der Waals surface area contributed by atoms with Crippen LogP contribution in [0.4, 0.5) is 8.78 Å². The van der Waals surface area contributed by atoms with Crippen LogP contribution >= 0.6 is 0 Å². The van der Waals surface area contributed by atoms with Gasteiger partial charge in [-0.1, -0.05) is 43.3 Å². The van der Waals surface area contributed by atoms with Gasteiger partial charge in [0.05, 0.1) is 0 Å². The molecule has 28 heavy (non-hydrogen) atoms. The summed E-state index contributed by atoms with van der Waals surface area (Å²) in [5.41, 5.74) is 2.93. The van der Waals surface area contributed by atoms with E-state index in [9.17, 15) is 19.0 Å². The Hall–Kier alpha value is -2.88. The monoisotopic (exact) mass is 380 g/mol. The fourth-order valence-corrected chi connectivity index (χ4v) is 4.50. The topological polar surface area (TPSA) is 40.5 Å². The number of hydrogen-bond donors (Lipinski definition) is 2.